The van der Waals surface area contributed by atoms with Crippen molar-refractivity contribution in [2.24, 2.45) is 5.92 Å². The maximum Gasteiger partial charge on any atom is 0.319 e. The molecule has 2 aromatic carbocycles. The highest BCUT2D eigenvalue weighted by Gasteiger charge is 2.49. The average Bonchev–Trinajstić information content (AvgIpc) is 3.64. The minimum Gasteiger partial charge on any atom is -0.508 e. The van der Waals surface area contributed by atoms with E-state index in [-0.39, 0.29) is 58.1 Å². The normalized spacial score (nSPS) is 27.8. The number of ether oxygens (including phenoxy) is 1. The molecule has 8 rings (SSSR count). The van der Waals surface area contributed by atoms with Crippen LogP contribution >= 0.6 is 0 Å². The number of phenols is 1. The van der Waals surface area contributed by atoms with Gasteiger partial charge in [-0.1, -0.05) is 12.0 Å². The molecular formula is C34H32F3N5O3. The first kappa shape index (κ1) is 28.3. The molecule has 1 aliphatic carbocycles. The van der Waals surface area contributed by atoms with Crippen molar-refractivity contribution < 1.29 is 28.1 Å². The minimum atomic E-state index is -0.932. The number of halogens is 3. The summed E-state index contributed by atoms with van der Waals surface area (Å²) in [6.45, 7) is 1.98. The summed E-state index contributed by atoms with van der Waals surface area (Å²) in [7, 11) is 0. The third kappa shape index (κ3) is 4.57. The lowest BCUT2D eigenvalue weighted by molar-refractivity contribution is 0.107. The van der Waals surface area contributed by atoms with Gasteiger partial charge in [-0.2, -0.15) is 9.97 Å². The van der Waals surface area contributed by atoms with E-state index in [1.54, 1.807) is 0 Å². The fourth-order valence-electron chi connectivity index (χ4n) is 8.36. The molecule has 2 aromatic heterocycles. The molecule has 0 radical (unpaired) electrons. The lowest BCUT2D eigenvalue weighted by atomic mass is 9.88. The molecule has 4 aromatic rings. The Morgan fingerprint density at radius 3 is 2.84 bits per heavy atom. The van der Waals surface area contributed by atoms with E-state index >= 15 is 4.39 Å². The topological polar surface area (TPSA) is 94.8 Å². The maximum atomic E-state index is 16.8. The molecule has 3 aliphatic heterocycles. The van der Waals surface area contributed by atoms with Crippen molar-refractivity contribution in [1.29, 1.82) is 0 Å². The Morgan fingerprint density at radius 1 is 1.13 bits per heavy atom. The number of alkyl halides is 1. The number of aromatic nitrogens is 3. The molecule has 4 fully saturated rings. The van der Waals surface area contributed by atoms with Crippen LogP contribution in [0.4, 0.5) is 19.0 Å². The number of phenolic OH excluding ortho intramolecular Hbond substituents is 1. The Morgan fingerprint density at radius 2 is 2.00 bits per heavy atom. The number of aromatic hydroxyl groups is 1. The van der Waals surface area contributed by atoms with Crippen LogP contribution in [-0.2, 0) is 0 Å². The molecule has 2 N–H and O–H groups in total. The standard InChI is InChI=1S/C34H32F3N5O3/c1-2-24-27(36)5-4-19-10-23(44)12-25(28(19)24)30-29(37)31-26(14-38-30)32(42-15-18-8-21(42)11-22(43)9-18)40-33(39-31)45-17-34-6-3-7-41(34)16-20(35)13-34/h1,4-5,10,12,14,18,20-22,43-44H,3,6-9,11,13,15-17H2/t18?,20-,21?,22?,34+/m1/s1. The third-order valence-electron chi connectivity index (χ3n) is 10.2. The summed E-state index contributed by atoms with van der Waals surface area (Å²) in [5, 5.41) is 22.0. The first-order valence-corrected chi connectivity index (χ1v) is 15.5. The molecule has 0 spiro atoms. The predicted octanol–water partition coefficient (Wildman–Crippen LogP) is 5.11. The predicted molar refractivity (Wildman–Crippen MR) is 163 cm³/mol. The summed E-state index contributed by atoms with van der Waals surface area (Å²) in [6.07, 6.45) is 10.1. The molecule has 5 heterocycles. The Balaban J connectivity index is 1.28. The fourth-order valence-corrected chi connectivity index (χ4v) is 8.36. The van der Waals surface area contributed by atoms with Crippen LogP contribution < -0.4 is 9.64 Å². The zero-order chi connectivity index (χ0) is 31.0. The number of pyridine rings is 1. The van der Waals surface area contributed by atoms with Crippen LogP contribution in [0.3, 0.4) is 0 Å². The molecule has 4 aliphatic rings. The minimum absolute atomic E-state index is 0.00894. The summed E-state index contributed by atoms with van der Waals surface area (Å²) >= 11 is 0. The van der Waals surface area contributed by atoms with Gasteiger partial charge in [0.05, 0.1) is 22.6 Å². The van der Waals surface area contributed by atoms with Crippen molar-refractivity contribution in [2.75, 3.05) is 31.1 Å². The van der Waals surface area contributed by atoms with E-state index in [9.17, 15) is 19.0 Å². The molecule has 8 nitrogen and oxygen atoms in total. The molecular weight excluding hydrogens is 583 g/mol. The average molecular weight is 616 g/mol. The first-order chi connectivity index (χ1) is 21.7. The van der Waals surface area contributed by atoms with Crippen LogP contribution in [0.1, 0.15) is 44.1 Å². The van der Waals surface area contributed by atoms with Crippen LogP contribution in [-0.4, -0.2) is 80.2 Å². The number of aliphatic hydroxyl groups is 1. The lowest BCUT2D eigenvalue weighted by Gasteiger charge is -2.31. The number of hydrogen-bond acceptors (Lipinski definition) is 8. The zero-order valence-corrected chi connectivity index (χ0v) is 24.5. The van der Waals surface area contributed by atoms with Crippen LogP contribution in [0.5, 0.6) is 11.8 Å². The number of nitrogens with zero attached hydrogens (tertiary/aromatic N) is 5. The second kappa shape index (κ2) is 10.5. The highest BCUT2D eigenvalue weighted by atomic mass is 19.1. The van der Waals surface area contributed by atoms with Crippen LogP contribution in [0, 0.1) is 29.9 Å². The molecule has 3 unspecified atom stereocenters. The maximum absolute atomic E-state index is 16.8. The molecule has 0 amide bonds. The van der Waals surface area contributed by atoms with Crippen molar-refractivity contribution in [2.45, 2.75) is 62.4 Å². The van der Waals surface area contributed by atoms with Gasteiger partial charge in [0, 0.05) is 42.7 Å². The van der Waals surface area contributed by atoms with E-state index in [4.69, 9.17) is 16.1 Å². The smallest absolute Gasteiger partial charge is 0.319 e. The largest absolute Gasteiger partial charge is 0.508 e. The van der Waals surface area contributed by atoms with Gasteiger partial charge in [-0.3, -0.25) is 9.88 Å². The number of fused-ring (bicyclic) bond motifs is 5. The second-order valence-electron chi connectivity index (χ2n) is 13.1. The fraction of sp³-hybridized carbons (Fsp3) is 0.441. The van der Waals surface area contributed by atoms with Crippen molar-refractivity contribution in [3.63, 3.8) is 0 Å². The monoisotopic (exact) mass is 615 g/mol. The van der Waals surface area contributed by atoms with Gasteiger partial charge in [-0.15, -0.1) is 6.42 Å². The van der Waals surface area contributed by atoms with Gasteiger partial charge in [0.1, 0.15) is 41.4 Å². The Hall–Kier alpha value is -4.14. The van der Waals surface area contributed by atoms with Gasteiger partial charge in [0.2, 0.25) is 0 Å². The zero-order valence-electron chi connectivity index (χ0n) is 24.5. The van der Waals surface area contributed by atoms with E-state index < -0.39 is 29.4 Å². The van der Waals surface area contributed by atoms with Crippen LogP contribution in [0.15, 0.2) is 30.5 Å². The van der Waals surface area contributed by atoms with E-state index in [0.717, 1.165) is 25.8 Å². The van der Waals surface area contributed by atoms with Crippen molar-refractivity contribution in [3.8, 4) is 35.4 Å². The molecule has 1 saturated carbocycles. The number of benzene rings is 2. The molecule has 45 heavy (non-hydrogen) atoms. The van der Waals surface area contributed by atoms with E-state index in [0.29, 0.717) is 48.9 Å². The summed E-state index contributed by atoms with van der Waals surface area (Å²) in [6, 6.07) is 5.39. The van der Waals surface area contributed by atoms with Crippen molar-refractivity contribution in [3.05, 3.63) is 47.7 Å². The van der Waals surface area contributed by atoms with E-state index in [1.165, 1.54) is 30.5 Å². The van der Waals surface area contributed by atoms with Crippen LogP contribution in [0.25, 0.3) is 32.9 Å². The van der Waals surface area contributed by atoms with Gasteiger partial charge in [-0.05, 0) is 68.2 Å². The van der Waals surface area contributed by atoms with E-state index in [1.807, 2.05) is 0 Å². The summed E-state index contributed by atoms with van der Waals surface area (Å²) in [4.78, 5) is 18.0. The number of hydrogen-bond donors (Lipinski definition) is 2. The number of rotatable bonds is 5. The van der Waals surface area contributed by atoms with Crippen molar-refractivity contribution >= 4 is 27.5 Å². The molecule has 11 heteroatoms. The highest BCUT2D eigenvalue weighted by Crippen LogP contribution is 2.44. The third-order valence-corrected chi connectivity index (χ3v) is 10.2. The quantitative estimate of drug-likeness (QED) is 0.299. The summed E-state index contributed by atoms with van der Waals surface area (Å²) in [5.74, 6) is 1.48. The molecule has 3 saturated heterocycles. The Kier molecular flexibility index (Phi) is 6.59. The number of aliphatic hydroxyl groups excluding tert-OH is 1. The summed E-state index contributed by atoms with van der Waals surface area (Å²) in [5.41, 5.74) is -0.604. The lowest BCUT2D eigenvalue weighted by Crippen LogP contribution is -2.43. The number of terminal acetylenes is 1. The van der Waals surface area contributed by atoms with Gasteiger partial charge in [0.15, 0.2) is 5.82 Å². The first-order valence-electron chi connectivity index (χ1n) is 15.5. The number of anilines is 1. The summed E-state index contributed by atoms with van der Waals surface area (Å²) < 4.78 is 52.3. The van der Waals surface area contributed by atoms with Gasteiger partial charge in [-0.25, -0.2) is 13.2 Å². The van der Waals surface area contributed by atoms with Gasteiger partial charge in [0.25, 0.3) is 0 Å². The van der Waals surface area contributed by atoms with Gasteiger partial charge >= 0.3 is 6.01 Å². The highest BCUT2D eigenvalue weighted by molar-refractivity contribution is 6.03. The Labute approximate surface area is 257 Å². The molecule has 5 atom stereocenters. The Bertz CT molecular complexity index is 1900. The van der Waals surface area contributed by atoms with E-state index in [2.05, 4.69) is 25.7 Å². The molecule has 2 bridgehead atoms. The second-order valence-corrected chi connectivity index (χ2v) is 13.1. The van der Waals surface area contributed by atoms with Crippen LogP contribution in [0.2, 0.25) is 0 Å². The molecule has 232 valence electrons. The SMILES string of the molecule is C#Cc1c(F)ccc2cc(O)cc(-c3ncc4c(N5CC6CC(O)CC5C6)nc(OC[C@@]56CCCN5C[C@H](F)C6)nc4c3F)c12. The van der Waals surface area contributed by atoms with Crippen molar-refractivity contribution in [1.82, 2.24) is 19.9 Å². The van der Waals surface area contributed by atoms with Gasteiger partial charge < -0.3 is 19.8 Å².